The normalized spacial score (nSPS) is 18.7. The number of benzene rings is 1. The van der Waals surface area contributed by atoms with Crippen molar-refractivity contribution in [1.29, 1.82) is 0 Å². The topological polar surface area (TPSA) is 66.9 Å². The number of rotatable bonds is 2. The Morgan fingerprint density at radius 3 is 2.71 bits per heavy atom. The van der Waals surface area contributed by atoms with Gasteiger partial charge in [-0.1, -0.05) is 12.1 Å². The number of fused-ring (bicyclic) bond motifs is 2. The summed E-state index contributed by atoms with van der Waals surface area (Å²) in [6.07, 6.45) is 3.46. The molecule has 1 aliphatic carbocycles. The number of nitrogens with zero attached hydrogens (tertiary/aromatic N) is 1. The first-order valence-corrected chi connectivity index (χ1v) is 8.41. The van der Waals surface area contributed by atoms with Crippen molar-refractivity contribution in [2.24, 2.45) is 0 Å². The molecule has 1 fully saturated rings. The second-order valence-electron chi connectivity index (χ2n) is 6.83. The molecule has 2 aliphatic rings. The van der Waals surface area contributed by atoms with Crippen molar-refractivity contribution < 1.29 is 4.39 Å². The Bertz CT molecular complexity index is 894. The minimum absolute atomic E-state index is 0.119. The van der Waals surface area contributed by atoms with E-state index in [2.05, 4.69) is 10.3 Å². The number of H-pyrrole nitrogens is 1. The minimum atomic E-state index is -0.408. The van der Waals surface area contributed by atoms with Crippen LogP contribution in [-0.4, -0.2) is 22.6 Å². The molecular weight excluding hydrogens is 309 g/mol. The van der Waals surface area contributed by atoms with E-state index in [9.17, 15) is 14.0 Å². The standard InChI is InChI=1S/C18H20FN3O2/c19-13-3-1-2-12(10-13)11-22-14-4-5-18(6-8-20-9-7-18)15(14)16(23)21-17(22)24/h1-3,10,20H,4-9,11H2,(H,21,23,24). The number of aromatic amines is 1. The van der Waals surface area contributed by atoms with E-state index in [1.54, 1.807) is 16.7 Å². The Labute approximate surface area is 138 Å². The molecule has 6 heteroatoms. The first kappa shape index (κ1) is 15.3. The molecule has 0 amide bonds. The highest BCUT2D eigenvalue weighted by Crippen LogP contribution is 2.42. The van der Waals surface area contributed by atoms with E-state index in [-0.39, 0.29) is 23.3 Å². The lowest BCUT2D eigenvalue weighted by molar-refractivity contribution is 0.304. The maximum Gasteiger partial charge on any atom is 0.328 e. The van der Waals surface area contributed by atoms with Crippen molar-refractivity contribution in [2.45, 2.75) is 37.6 Å². The van der Waals surface area contributed by atoms with Crippen LogP contribution in [0.5, 0.6) is 0 Å². The number of aromatic nitrogens is 2. The van der Waals surface area contributed by atoms with Gasteiger partial charge in [0.1, 0.15) is 5.82 Å². The number of hydrogen-bond donors (Lipinski definition) is 2. The maximum absolute atomic E-state index is 13.4. The lowest BCUT2D eigenvalue weighted by Gasteiger charge is -2.34. The molecule has 0 bridgehead atoms. The summed E-state index contributed by atoms with van der Waals surface area (Å²) in [6, 6.07) is 6.24. The van der Waals surface area contributed by atoms with Gasteiger partial charge in [0.05, 0.1) is 6.54 Å². The Hall–Kier alpha value is -2.21. The minimum Gasteiger partial charge on any atom is -0.317 e. The molecule has 0 unspecified atom stereocenters. The average Bonchev–Trinajstić information content (AvgIpc) is 2.91. The second kappa shape index (κ2) is 5.70. The van der Waals surface area contributed by atoms with Gasteiger partial charge in [-0.15, -0.1) is 0 Å². The van der Waals surface area contributed by atoms with Crippen LogP contribution in [0.1, 0.15) is 36.1 Å². The highest BCUT2D eigenvalue weighted by molar-refractivity contribution is 5.35. The first-order chi connectivity index (χ1) is 11.6. The summed E-state index contributed by atoms with van der Waals surface area (Å²) in [4.78, 5) is 27.4. The summed E-state index contributed by atoms with van der Waals surface area (Å²) in [6.45, 7) is 2.06. The number of piperidine rings is 1. The molecule has 1 aromatic carbocycles. The van der Waals surface area contributed by atoms with E-state index in [0.29, 0.717) is 0 Å². The molecule has 1 aliphatic heterocycles. The molecule has 5 nitrogen and oxygen atoms in total. The van der Waals surface area contributed by atoms with Crippen LogP contribution in [0.4, 0.5) is 4.39 Å². The van der Waals surface area contributed by atoms with E-state index in [4.69, 9.17) is 0 Å². The van der Waals surface area contributed by atoms with Gasteiger partial charge in [-0.3, -0.25) is 14.3 Å². The van der Waals surface area contributed by atoms with Crippen LogP contribution >= 0.6 is 0 Å². The number of halogens is 1. The summed E-state index contributed by atoms with van der Waals surface area (Å²) in [5, 5.41) is 3.34. The summed E-state index contributed by atoms with van der Waals surface area (Å²) in [5.74, 6) is -0.323. The van der Waals surface area contributed by atoms with Gasteiger partial charge in [-0.25, -0.2) is 9.18 Å². The summed E-state index contributed by atoms with van der Waals surface area (Å²) in [7, 11) is 0. The molecule has 1 spiro atoms. The molecule has 2 N–H and O–H groups in total. The van der Waals surface area contributed by atoms with Crippen molar-refractivity contribution in [2.75, 3.05) is 13.1 Å². The van der Waals surface area contributed by atoms with Crippen molar-refractivity contribution in [3.8, 4) is 0 Å². The number of nitrogens with one attached hydrogen (secondary N) is 2. The van der Waals surface area contributed by atoms with Crippen molar-refractivity contribution in [3.05, 3.63) is 67.7 Å². The third-order valence-electron chi connectivity index (χ3n) is 5.47. The quantitative estimate of drug-likeness (QED) is 0.872. The van der Waals surface area contributed by atoms with Gasteiger partial charge < -0.3 is 5.32 Å². The second-order valence-corrected chi connectivity index (χ2v) is 6.83. The van der Waals surface area contributed by atoms with Crippen LogP contribution in [0.15, 0.2) is 33.9 Å². The van der Waals surface area contributed by atoms with Gasteiger partial charge in [0, 0.05) is 16.7 Å². The van der Waals surface area contributed by atoms with Gasteiger partial charge in [-0.2, -0.15) is 0 Å². The first-order valence-electron chi connectivity index (χ1n) is 8.41. The fourth-order valence-electron chi connectivity index (χ4n) is 4.30. The van der Waals surface area contributed by atoms with Gasteiger partial charge in [0.25, 0.3) is 5.56 Å². The summed E-state index contributed by atoms with van der Waals surface area (Å²) < 4.78 is 15.1. The van der Waals surface area contributed by atoms with Crippen molar-refractivity contribution in [3.63, 3.8) is 0 Å². The molecule has 2 heterocycles. The Kier molecular flexibility index (Phi) is 3.64. The van der Waals surface area contributed by atoms with E-state index in [0.717, 1.165) is 55.6 Å². The van der Waals surface area contributed by atoms with Crippen LogP contribution in [0.2, 0.25) is 0 Å². The third kappa shape index (κ3) is 2.41. The third-order valence-corrected chi connectivity index (χ3v) is 5.47. The predicted octanol–water partition coefficient (Wildman–Crippen LogP) is 1.29. The Balaban J connectivity index is 1.82. The zero-order valence-electron chi connectivity index (χ0n) is 13.4. The van der Waals surface area contributed by atoms with Gasteiger partial charge >= 0.3 is 5.69 Å². The largest absolute Gasteiger partial charge is 0.328 e. The highest BCUT2D eigenvalue weighted by atomic mass is 19.1. The monoisotopic (exact) mass is 329 g/mol. The predicted molar refractivity (Wildman–Crippen MR) is 88.9 cm³/mol. The summed E-state index contributed by atoms with van der Waals surface area (Å²) in [5.41, 5.74) is 1.55. The zero-order chi connectivity index (χ0) is 16.7. The molecule has 0 radical (unpaired) electrons. The van der Waals surface area contributed by atoms with Gasteiger partial charge in [0.15, 0.2) is 0 Å². The molecule has 24 heavy (non-hydrogen) atoms. The van der Waals surface area contributed by atoms with Crippen molar-refractivity contribution in [1.82, 2.24) is 14.9 Å². The highest BCUT2D eigenvalue weighted by Gasteiger charge is 2.43. The SMILES string of the molecule is O=c1[nH]c(=O)n(Cc2cccc(F)c2)c2c1C1(CCNCC1)CC2. The average molecular weight is 329 g/mol. The lowest BCUT2D eigenvalue weighted by atomic mass is 9.75. The van der Waals surface area contributed by atoms with Crippen molar-refractivity contribution >= 4 is 0 Å². The van der Waals surface area contributed by atoms with Gasteiger partial charge in [0.2, 0.25) is 0 Å². The molecule has 1 aromatic heterocycles. The van der Waals surface area contributed by atoms with E-state index in [1.165, 1.54) is 12.1 Å². The summed E-state index contributed by atoms with van der Waals surface area (Å²) >= 11 is 0. The molecule has 0 atom stereocenters. The molecule has 2 aromatic rings. The molecular formula is C18H20FN3O2. The van der Waals surface area contributed by atoms with E-state index in [1.807, 2.05) is 0 Å². The van der Waals surface area contributed by atoms with Crippen LogP contribution < -0.4 is 16.6 Å². The van der Waals surface area contributed by atoms with Crippen LogP contribution in [0.25, 0.3) is 0 Å². The zero-order valence-corrected chi connectivity index (χ0v) is 13.4. The molecule has 4 rings (SSSR count). The fourth-order valence-corrected chi connectivity index (χ4v) is 4.30. The smallest absolute Gasteiger partial charge is 0.317 e. The molecule has 1 saturated heterocycles. The van der Waals surface area contributed by atoms with Crippen LogP contribution in [-0.2, 0) is 18.4 Å². The number of hydrogen-bond acceptors (Lipinski definition) is 3. The van der Waals surface area contributed by atoms with E-state index >= 15 is 0 Å². The van der Waals surface area contributed by atoms with Gasteiger partial charge in [-0.05, 0) is 56.5 Å². The Morgan fingerprint density at radius 2 is 1.96 bits per heavy atom. The fraction of sp³-hybridized carbons (Fsp3) is 0.444. The molecule has 126 valence electrons. The van der Waals surface area contributed by atoms with Crippen LogP contribution in [0, 0.1) is 5.82 Å². The van der Waals surface area contributed by atoms with Crippen LogP contribution in [0.3, 0.4) is 0 Å². The molecule has 0 saturated carbocycles. The van der Waals surface area contributed by atoms with E-state index < -0.39 is 5.69 Å². The maximum atomic E-state index is 13.4. The lowest BCUT2D eigenvalue weighted by Crippen LogP contribution is -2.43. The Morgan fingerprint density at radius 1 is 1.17 bits per heavy atom.